The normalized spacial score (nSPS) is 10.9. The van der Waals surface area contributed by atoms with Gasteiger partial charge in [0.1, 0.15) is 0 Å². The number of fused-ring (bicyclic) bond motifs is 1. The first-order valence-corrected chi connectivity index (χ1v) is 6.16. The van der Waals surface area contributed by atoms with Crippen LogP contribution >= 0.6 is 11.3 Å². The van der Waals surface area contributed by atoms with Gasteiger partial charge in [0.25, 0.3) is 5.56 Å². The maximum atomic E-state index is 11.9. The number of aromatic nitrogens is 2. The highest BCUT2D eigenvalue weighted by Crippen LogP contribution is 2.21. The van der Waals surface area contributed by atoms with E-state index in [0.29, 0.717) is 11.2 Å². The zero-order valence-corrected chi connectivity index (χ0v) is 10.0. The predicted molar refractivity (Wildman–Crippen MR) is 70.4 cm³/mol. The molecule has 17 heavy (non-hydrogen) atoms. The summed E-state index contributed by atoms with van der Waals surface area (Å²) in [6.45, 7) is 1.99. The van der Waals surface area contributed by atoms with Crippen molar-refractivity contribution in [3.63, 3.8) is 0 Å². The van der Waals surface area contributed by atoms with Crippen molar-refractivity contribution >= 4 is 22.2 Å². The molecule has 0 bridgehead atoms. The highest BCUT2D eigenvalue weighted by Gasteiger charge is 2.06. The summed E-state index contributed by atoms with van der Waals surface area (Å²) < 4.78 is 0. The molecule has 3 aromatic rings. The maximum absolute atomic E-state index is 11.9. The lowest BCUT2D eigenvalue weighted by molar-refractivity contribution is 1.19. The van der Waals surface area contributed by atoms with E-state index < -0.39 is 0 Å². The van der Waals surface area contributed by atoms with Gasteiger partial charge in [0.15, 0.2) is 5.82 Å². The van der Waals surface area contributed by atoms with Gasteiger partial charge in [-0.25, -0.2) is 4.98 Å². The number of benzene rings is 1. The monoisotopic (exact) mass is 242 g/mol. The lowest BCUT2D eigenvalue weighted by atomic mass is 10.2. The fourth-order valence-corrected chi connectivity index (χ4v) is 2.45. The zero-order valence-electron chi connectivity index (χ0n) is 9.23. The molecule has 4 heteroatoms. The Balaban J connectivity index is 2.33. The number of nitrogens with one attached hydrogen (secondary N) is 1. The van der Waals surface area contributed by atoms with Crippen LogP contribution in [0.15, 0.2) is 40.5 Å². The average molecular weight is 242 g/mol. The van der Waals surface area contributed by atoms with Gasteiger partial charge in [0.2, 0.25) is 0 Å². The summed E-state index contributed by atoms with van der Waals surface area (Å²) >= 11 is 1.56. The van der Waals surface area contributed by atoms with Crippen molar-refractivity contribution in [2.45, 2.75) is 6.92 Å². The summed E-state index contributed by atoms with van der Waals surface area (Å²) in [5, 5.41) is 2.60. The molecule has 2 heterocycles. The van der Waals surface area contributed by atoms with Crippen LogP contribution in [-0.2, 0) is 0 Å². The summed E-state index contributed by atoms with van der Waals surface area (Å²) in [4.78, 5) is 20.2. The Bertz CT molecular complexity index is 729. The van der Waals surface area contributed by atoms with Crippen LogP contribution in [0.4, 0.5) is 0 Å². The molecule has 0 amide bonds. The minimum absolute atomic E-state index is 0.0848. The predicted octanol–water partition coefficient (Wildman–Crippen LogP) is 2.96. The first-order chi connectivity index (χ1) is 8.24. The van der Waals surface area contributed by atoms with E-state index in [1.807, 2.05) is 42.6 Å². The summed E-state index contributed by atoms with van der Waals surface area (Å²) in [6.07, 6.45) is 0. The third kappa shape index (κ3) is 1.76. The van der Waals surface area contributed by atoms with Crippen molar-refractivity contribution in [1.29, 1.82) is 0 Å². The topological polar surface area (TPSA) is 45.8 Å². The van der Waals surface area contributed by atoms with E-state index >= 15 is 0 Å². The van der Waals surface area contributed by atoms with Gasteiger partial charge in [-0.1, -0.05) is 12.1 Å². The smallest absolute Gasteiger partial charge is 0.259 e. The van der Waals surface area contributed by atoms with Gasteiger partial charge < -0.3 is 4.98 Å². The molecule has 0 spiro atoms. The molecule has 0 saturated heterocycles. The molecule has 3 nitrogen and oxygen atoms in total. The Kier molecular flexibility index (Phi) is 2.30. The fourth-order valence-electron chi connectivity index (χ4n) is 1.78. The Morgan fingerprint density at radius 1 is 1.29 bits per heavy atom. The summed E-state index contributed by atoms with van der Waals surface area (Å²) in [5.74, 6) is 0.642. The van der Waals surface area contributed by atoms with Crippen molar-refractivity contribution in [1.82, 2.24) is 9.97 Å². The number of hydrogen-bond donors (Lipinski definition) is 1. The Morgan fingerprint density at radius 3 is 2.94 bits per heavy atom. The van der Waals surface area contributed by atoms with E-state index in [9.17, 15) is 4.79 Å². The highest BCUT2D eigenvalue weighted by atomic mass is 32.1. The summed E-state index contributed by atoms with van der Waals surface area (Å²) in [7, 11) is 0. The Labute approximate surface area is 102 Å². The van der Waals surface area contributed by atoms with Crippen LogP contribution in [0.2, 0.25) is 0 Å². The number of hydrogen-bond acceptors (Lipinski definition) is 3. The van der Waals surface area contributed by atoms with Crippen LogP contribution in [0.5, 0.6) is 0 Å². The van der Waals surface area contributed by atoms with Crippen molar-refractivity contribution in [3.8, 4) is 10.7 Å². The number of rotatable bonds is 1. The molecule has 84 valence electrons. The molecular weight excluding hydrogens is 232 g/mol. The van der Waals surface area contributed by atoms with Crippen LogP contribution in [0.1, 0.15) is 5.56 Å². The Morgan fingerprint density at radius 2 is 2.18 bits per heavy atom. The SMILES string of the molecule is Cc1ccc2c(=O)[nH]c(-c3cccs3)nc2c1. The molecule has 3 rings (SSSR count). The van der Waals surface area contributed by atoms with Gasteiger partial charge in [-0.3, -0.25) is 4.79 Å². The third-order valence-electron chi connectivity index (χ3n) is 2.62. The number of H-pyrrole nitrogens is 1. The Hall–Kier alpha value is -1.94. The maximum Gasteiger partial charge on any atom is 0.259 e. The molecule has 1 aromatic carbocycles. The molecule has 0 unspecified atom stereocenters. The second-order valence-corrected chi connectivity index (χ2v) is 4.86. The minimum Gasteiger partial charge on any atom is -0.305 e. The van der Waals surface area contributed by atoms with E-state index in [-0.39, 0.29) is 5.56 Å². The fraction of sp³-hybridized carbons (Fsp3) is 0.0769. The van der Waals surface area contributed by atoms with Gasteiger partial charge in [0.05, 0.1) is 15.8 Å². The molecule has 0 fully saturated rings. The van der Waals surface area contributed by atoms with Gasteiger partial charge in [-0.05, 0) is 36.1 Å². The van der Waals surface area contributed by atoms with Crippen molar-refractivity contribution in [2.75, 3.05) is 0 Å². The second-order valence-electron chi connectivity index (χ2n) is 3.91. The molecule has 0 atom stereocenters. The molecule has 0 saturated carbocycles. The number of aryl methyl sites for hydroxylation is 1. The third-order valence-corrected chi connectivity index (χ3v) is 3.49. The lowest BCUT2D eigenvalue weighted by Gasteiger charge is -2.01. The number of nitrogens with zero attached hydrogens (tertiary/aromatic N) is 1. The first-order valence-electron chi connectivity index (χ1n) is 5.28. The summed E-state index contributed by atoms with van der Waals surface area (Å²) in [6, 6.07) is 9.56. The van der Waals surface area contributed by atoms with E-state index in [4.69, 9.17) is 0 Å². The molecular formula is C13H10N2OS. The minimum atomic E-state index is -0.0848. The average Bonchev–Trinajstić information content (AvgIpc) is 2.81. The molecule has 0 aliphatic rings. The van der Waals surface area contributed by atoms with Crippen LogP contribution in [0, 0.1) is 6.92 Å². The van der Waals surface area contributed by atoms with E-state index in [2.05, 4.69) is 9.97 Å². The number of aromatic amines is 1. The second kappa shape index (κ2) is 3.82. The molecule has 0 aliphatic carbocycles. The van der Waals surface area contributed by atoms with Crippen LogP contribution in [-0.4, -0.2) is 9.97 Å². The first kappa shape index (κ1) is 10.2. The van der Waals surface area contributed by atoms with E-state index in [0.717, 1.165) is 16.0 Å². The van der Waals surface area contributed by atoms with Gasteiger partial charge in [0, 0.05) is 0 Å². The van der Waals surface area contributed by atoms with Gasteiger partial charge in [-0.15, -0.1) is 11.3 Å². The van der Waals surface area contributed by atoms with Gasteiger partial charge >= 0.3 is 0 Å². The van der Waals surface area contributed by atoms with Crippen LogP contribution < -0.4 is 5.56 Å². The quantitative estimate of drug-likeness (QED) is 0.713. The molecule has 1 N–H and O–H groups in total. The molecule has 2 aromatic heterocycles. The highest BCUT2D eigenvalue weighted by molar-refractivity contribution is 7.13. The summed E-state index contributed by atoms with van der Waals surface area (Å²) in [5.41, 5.74) is 1.77. The van der Waals surface area contributed by atoms with Crippen LogP contribution in [0.3, 0.4) is 0 Å². The standard InChI is InChI=1S/C13H10N2OS/c1-8-4-5-9-10(7-8)14-12(15-13(9)16)11-3-2-6-17-11/h2-7H,1H3,(H,14,15,16). The largest absolute Gasteiger partial charge is 0.305 e. The van der Waals surface area contributed by atoms with Crippen molar-refractivity contribution in [3.05, 3.63) is 51.6 Å². The molecule has 0 radical (unpaired) electrons. The molecule has 0 aliphatic heterocycles. The van der Waals surface area contributed by atoms with Crippen molar-refractivity contribution < 1.29 is 0 Å². The van der Waals surface area contributed by atoms with Gasteiger partial charge in [-0.2, -0.15) is 0 Å². The lowest BCUT2D eigenvalue weighted by Crippen LogP contribution is -2.09. The van der Waals surface area contributed by atoms with Crippen LogP contribution in [0.25, 0.3) is 21.6 Å². The van der Waals surface area contributed by atoms with E-state index in [1.165, 1.54) is 0 Å². The van der Waals surface area contributed by atoms with E-state index in [1.54, 1.807) is 11.3 Å². The van der Waals surface area contributed by atoms with Crippen molar-refractivity contribution in [2.24, 2.45) is 0 Å². The zero-order chi connectivity index (χ0) is 11.8. The number of thiophene rings is 1.